The third-order valence-electron chi connectivity index (χ3n) is 2.49. The molecule has 2 aromatic rings. The number of nitrogens with one attached hydrogen (secondary N) is 1. The van der Waals surface area contributed by atoms with Crippen LogP contribution in [-0.4, -0.2) is 30.6 Å². The first-order valence-electron chi connectivity index (χ1n) is 5.83. The Bertz CT molecular complexity index is 589. The standard InChI is InChI=1S/C13H14ClN3O2/c14-10-3-4-11(13-9(10)2-1-6-16-13)17-12(18)8-19-7-5-15/h1-4,6H,5,7-8,15H2,(H,17,18). The summed E-state index contributed by atoms with van der Waals surface area (Å²) in [5.74, 6) is -0.247. The van der Waals surface area contributed by atoms with Gasteiger partial charge in [0.15, 0.2) is 0 Å². The molecular weight excluding hydrogens is 266 g/mol. The van der Waals surface area contributed by atoms with Crippen molar-refractivity contribution in [3.05, 3.63) is 35.5 Å². The molecule has 0 radical (unpaired) electrons. The number of benzene rings is 1. The number of amides is 1. The maximum atomic E-state index is 11.7. The number of hydrogen-bond acceptors (Lipinski definition) is 4. The molecule has 100 valence electrons. The van der Waals surface area contributed by atoms with Crippen LogP contribution in [0, 0.1) is 0 Å². The molecular formula is C13H14ClN3O2. The molecule has 5 nitrogen and oxygen atoms in total. The van der Waals surface area contributed by atoms with Crippen molar-refractivity contribution in [2.24, 2.45) is 5.73 Å². The number of aromatic nitrogens is 1. The van der Waals surface area contributed by atoms with E-state index >= 15 is 0 Å². The molecule has 1 aromatic carbocycles. The Hall–Kier alpha value is -1.69. The van der Waals surface area contributed by atoms with E-state index in [0.717, 1.165) is 5.39 Å². The van der Waals surface area contributed by atoms with Gasteiger partial charge in [-0.3, -0.25) is 9.78 Å². The summed E-state index contributed by atoms with van der Waals surface area (Å²) in [6.45, 7) is 0.708. The van der Waals surface area contributed by atoms with Gasteiger partial charge in [0.1, 0.15) is 6.61 Å². The summed E-state index contributed by atoms with van der Waals surface area (Å²) in [7, 11) is 0. The molecule has 0 aliphatic heterocycles. The van der Waals surface area contributed by atoms with E-state index in [-0.39, 0.29) is 12.5 Å². The van der Waals surface area contributed by atoms with Crippen LogP contribution in [0.4, 0.5) is 5.69 Å². The monoisotopic (exact) mass is 279 g/mol. The quantitative estimate of drug-likeness (QED) is 0.818. The molecule has 0 bridgehead atoms. The molecule has 0 saturated heterocycles. The fourth-order valence-electron chi connectivity index (χ4n) is 1.67. The average molecular weight is 280 g/mol. The zero-order chi connectivity index (χ0) is 13.7. The number of nitrogens with zero attached hydrogens (tertiary/aromatic N) is 1. The summed E-state index contributed by atoms with van der Waals surface area (Å²) in [4.78, 5) is 15.9. The Balaban J connectivity index is 2.17. The van der Waals surface area contributed by atoms with E-state index in [1.54, 1.807) is 24.4 Å². The minimum Gasteiger partial charge on any atom is -0.370 e. The maximum Gasteiger partial charge on any atom is 0.250 e. The number of hydrogen-bond donors (Lipinski definition) is 2. The van der Waals surface area contributed by atoms with E-state index in [1.165, 1.54) is 0 Å². The first-order chi connectivity index (χ1) is 9.22. The van der Waals surface area contributed by atoms with Gasteiger partial charge in [-0.2, -0.15) is 0 Å². The Labute approximate surface area is 115 Å². The summed E-state index contributed by atoms with van der Waals surface area (Å²) >= 11 is 6.08. The van der Waals surface area contributed by atoms with Crippen molar-refractivity contribution in [2.45, 2.75) is 0 Å². The fourth-order valence-corrected chi connectivity index (χ4v) is 1.89. The SMILES string of the molecule is NCCOCC(=O)Nc1ccc(Cl)c2cccnc12. The Morgan fingerprint density at radius 3 is 3.05 bits per heavy atom. The highest BCUT2D eigenvalue weighted by atomic mass is 35.5. The van der Waals surface area contributed by atoms with Crippen LogP contribution in [0.3, 0.4) is 0 Å². The van der Waals surface area contributed by atoms with Gasteiger partial charge in [0, 0.05) is 18.1 Å². The average Bonchev–Trinajstić information content (AvgIpc) is 2.43. The number of carbonyl (C=O) groups excluding carboxylic acids is 1. The predicted molar refractivity (Wildman–Crippen MR) is 75.3 cm³/mol. The number of halogens is 1. The smallest absolute Gasteiger partial charge is 0.250 e. The number of rotatable bonds is 5. The molecule has 0 saturated carbocycles. The largest absolute Gasteiger partial charge is 0.370 e. The summed E-state index contributed by atoms with van der Waals surface area (Å²) in [6.07, 6.45) is 1.65. The second-order valence-corrected chi connectivity index (χ2v) is 4.29. The zero-order valence-corrected chi connectivity index (χ0v) is 11.0. The van der Waals surface area contributed by atoms with Gasteiger partial charge in [0.2, 0.25) is 5.91 Å². The second kappa shape index (κ2) is 6.47. The van der Waals surface area contributed by atoms with Gasteiger partial charge >= 0.3 is 0 Å². The van der Waals surface area contributed by atoms with Crippen LogP contribution in [0.25, 0.3) is 10.9 Å². The van der Waals surface area contributed by atoms with Crippen LogP contribution >= 0.6 is 11.6 Å². The van der Waals surface area contributed by atoms with Gasteiger partial charge in [-0.25, -0.2) is 0 Å². The molecule has 0 fully saturated rings. The van der Waals surface area contributed by atoms with Crippen molar-refractivity contribution in [3.63, 3.8) is 0 Å². The van der Waals surface area contributed by atoms with Crippen LogP contribution in [0.5, 0.6) is 0 Å². The van der Waals surface area contributed by atoms with Crippen LogP contribution < -0.4 is 11.1 Å². The minimum atomic E-state index is -0.247. The van der Waals surface area contributed by atoms with Gasteiger partial charge in [0.05, 0.1) is 22.8 Å². The topological polar surface area (TPSA) is 77.2 Å². The summed E-state index contributed by atoms with van der Waals surface area (Å²) in [5, 5.41) is 4.14. The molecule has 2 rings (SSSR count). The highest BCUT2D eigenvalue weighted by Gasteiger charge is 2.08. The fraction of sp³-hybridized carbons (Fsp3) is 0.231. The summed E-state index contributed by atoms with van der Waals surface area (Å²) < 4.78 is 5.07. The molecule has 1 amide bonds. The van der Waals surface area contributed by atoms with Crippen molar-refractivity contribution < 1.29 is 9.53 Å². The molecule has 0 unspecified atom stereocenters. The minimum absolute atomic E-state index is 0.0336. The van der Waals surface area contributed by atoms with Crippen molar-refractivity contribution in [2.75, 3.05) is 25.1 Å². The van der Waals surface area contributed by atoms with E-state index in [2.05, 4.69) is 10.3 Å². The lowest BCUT2D eigenvalue weighted by Crippen LogP contribution is -2.20. The number of carbonyl (C=O) groups is 1. The lowest BCUT2D eigenvalue weighted by molar-refractivity contribution is -0.120. The van der Waals surface area contributed by atoms with Crippen LogP contribution in [0.15, 0.2) is 30.5 Å². The van der Waals surface area contributed by atoms with Gasteiger partial charge in [-0.1, -0.05) is 11.6 Å². The molecule has 0 spiro atoms. The molecule has 1 heterocycles. The number of fused-ring (bicyclic) bond motifs is 1. The lowest BCUT2D eigenvalue weighted by Gasteiger charge is -2.09. The Morgan fingerprint density at radius 2 is 2.26 bits per heavy atom. The highest BCUT2D eigenvalue weighted by molar-refractivity contribution is 6.35. The maximum absolute atomic E-state index is 11.7. The molecule has 19 heavy (non-hydrogen) atoms. The van der Waals surface area contributed by atoms with Crippen molar-refractivity contribution >= 4 is 34.1 Å². The van der Waals surface area contributed by atoms with Crippen molar-refractivity contribution in [1.82, 2.24) is 4.98 Å². The summed E-state index contributed by atoms with van der Waals surface area (Å²) in [5.41, 5.74) is 6.54. The van der Waals surface area contributed by atoms with Crippen LogP contribution in [0.1, 0.15) is 0 Å². The van der Waals surface area contributed by atoms with Gasteiger partial charge in [0.25, 0.3) is 0 Å². The first kappa shape index (κ1) is 13.7. The van der Waals surface area contributed by atoms with Crippen LogP contribution in [0.2, 0.25) is 5.02 Å². The van der Waals surface area contributed by atoms with E-state index in [9.17, 15) is 4.79 Å². The van der Waals surface area contributed by atoms with Gasteiger partial charge < -0.3 is 15.8 Å². The number of pyridine rings is 1. The zero-order valence-electron chi connectivity index (χ0n) is 10.2. The normalized spacial score (nSPS) is 10.6. The molecule has 6 heteroatoms. The van der Waals surface area contributed by atoms with E-state index in [1.807, 2.05) is 6.07 Å². The number of anilines is 1. The van der Waals surface area contributed by atoms with Gasteiger partial charge in [-0.15, -0.1) is 0 Å². The molecule has 1 aromatic heterocycles. The van der Waals surface area contributed by atoms with Gasteiger partial charge in [-0.05, 0) is 24.3 Å². The van der Waals surface area contributed by atoms with Crippen molar-refractivity contribution in [1.29, 1.82) is 0 Å². The third kappa shape index (κ3) is 3.41. The highest BCUT2D eigenvalue weighted by Crippen LogP contribution is 2.27. The molecule has 0 aliphatic rings. The van der Waals surface area contributed by atoms with Crippen molar-refractivity contribution in [3.8, 4) is 0 Å². The Kier molecular flexibility index (Phi) is 4.68. The molecule has 0 atom stereocenters. The Morgan fingerprint density at radius 1 is 1.42 bits per heavy atom. The van der Waals surface area contributed by atoms with E-state index in [4.69, 9.17) is 22.1 Å². The predicted octanol–water partition coefficient (Wildman–Crippen LogP) is 1.80. The molecule has 0 aliphatic carbocycles. The van der Waals surface area contributed by atoms with E-state index < -0.39 is 0 Å². The third-order valence-corrected chi connectivity index (χ3v) is 2.82. The summed E-state index contributed by atoms with van der Waals surface area (Å²) in [6, 6.07) is 7.09. The van der Waals surface area contributed by atoms with Crippen LogP contribution in [-0.2, 0) is 9.53 Å². The number of ether oxygens (including phenoxy) is 1. The second-order valence-electron chi connectivity index (χ2n) is 3.88. The number of nitrogens with two attached hydrogens (primary N) is 1. The lowest BCUT2D eigenvalue weighted by atomic mass is 10.2. The van der Waals surface area contributed by atoms with E-state index in [0.29, 0.717) is 29.4 Å². The molecule has 3 N–H and O–H groups in total. The first-order valence-corrected chi connectivity index (χ1v) is 6.21.